The lowest BCUT2D eigenvalue weighted by Crippen LogP contribution is -2.37. The number of carbonyl (C=O) groups is 1. The summed E-state index contributed by atoms with van der Waals surface area (Å²) in [6, 6.07) is 5.14. The van der Waals surface area contributed by atoms with Gasteiger partial charge in [0.25, 0.3) is 5.69 Å². The fourth-order valence-corrected chi connectivity index (χ4v) is 1.74. The van der Waals surface area contributed by atoms with E-state index in [9.17, 15) is 14.9 Å². The van der Waals surface area contributed by atoms with E-state index >= 15 is 0 Å². The number of nitrogens with zero attached hydrogens (tertiary/aromatic N) is 2. The number of rotatable bonds is 5. The molecule has 1 aromatic rings. The smallest absolute Gasteiger partial charge is 0.319 e. The molecule has 1 unspecified atom stereocenters. The number of amides is 2. The zero-order valence-corrected chi connectivity index (χ0v) is 11.5. The maximum atomic E-state index is 11.7. The minimum atomic E-state index is -0.605. The lowest BCUT2D eigenvalue weighted by molar-refractivity contribution is -0.384. The number of hydrogen-bond donors (Lipinski definition) is 2. The second-order valence-corrected chi connectivity index (χ2v) is 4.40. The molecule has 0 fully saturated rings. The number of halogens is 1. The van der Waals surface area contributed by atoms with Crippen LogP contribution in [0.5, 0.6) is 0 Å². The van der Waals surface area contributed by atoms with Crippen LogP contribution in [0.15, 0.2) is 18.2 Å². The number of hydrogen-bond acceptors (Lipinski definition) is 4. The molecule has 0 aromatic heterocycles. The first-order chi connectivity index (χ1) is 9.47. The van der Waals surface area contributed by atoms with Gasteiger partial charge >= 0.3 is 6.03 Å². The number of nitrogens with one attached hydrogen (secondary N) is 2. The van der Waals surface area contributed by atoms with E-state index in [1.54, 1.807) is 0 Å². The molecule has 106 valence electrons. The standard InChI is InChI=1S/C12H13ClN4O3/c1-2-8(5-6-14)15-12(18)16-9-3-4-11(17(19)20)10(13)7-9/h3-4,7-8H,2,5H2,1H3,(H2,15,16,18). The van der Waals surface area contributed by atoms with Gasteiger partial charge in [0.2, 0.25) is 0 Å². The average molecular weight is 297 g/mol. The van der Waals surface area contributed by atoms with E-state index in [4.69, 9.17) is 16.9 Å². The van der Waals surface area contributed by atoms with Gasteiger partial charge in [-0.3, -0.25) is 10.1 Å². The van der Waals surface area contributed by atoms with Crippen LogP contribution in [0.4, 0.5) is 16.2 Å². The summed E-state index contributed by atoms with van der Waals surface area (Å²) in [5.74, 6) is 0. The van der Waals surface area contributed by atoms with Gasteiger partial charge in [0.05, 0.1) is 17.4 Å². The fraction of sp³-hybridized carbons (Fsp3) is 0.333. The quantitative estimate of drug-likeness (QED) is 0.643. The molecular formula is C12H13ClN4O3. The normalized spacial score (nSPS) is 11.2. The zero-order chi connectivity index (χ0) is 15.1. The van der Waals surface area contributed by atoms with E-state index in [2.05, 4.69) is 10.6 Å². The summed E-state index contributed by atoms with van der Waals surface area (Å²) in [4.78, 5) is 21.7. The van der Waals surface area contributed by atoms with Crippen LogP contribution in [-0.2, 0) is 0 Å². The molecule has 0 aliphatic rings. The Balaban J connectivity index is 2.69. The van der Waals surface area contributed by atoms with Gasteiger partial charge in [0.1, 0.15) is 5.02 Å². The molecule has 7 nitrogen and oxygen atoms in total. The summed E-state index contributed by atoms with van der Waals surface area (Å²) in [7, 11) is 0. The van der Waals surface area contributed by atoms with Crippen LogP contribution in [0.1, 0.15) is 19.8 Å². The topological polar surface area (TPSA) is 108 Å². The number of nitriles is 1. The predicted octanol–water partition coefficient (Wildman–Crippen LogP) is 3.06. The molecule has 0 spiro atoms. The van der Waals surface area contributed by atoms with Gasteiger partial charge in [-0.25, -0.2) is 4.79 Å². The molecule has 0 saturated carbocycles. The summed E-state index contributed by atoms with van der Waals surface area (Å²) >= 11 is 5.73. The molecule has 8 heteroatoms. The zero-order valence-electron chi connectivity index (χ0n) is 10.7. The lowest BCUT2D eigenvalue weighted by Gasteiger charge is -2.14. The van der Waals surface area contributed by atoms with Crippen molar-refractivity contribution in [3.05, 3.63) is 33.3 Å². The Bertz CT molecular complexity index is 556. The molecular weight excluding hydrogens is 284 g/mol. The highest BCUT2D eigenvalue weighted by atomic mass is 35.5. The first-order valence-electron chi connectivity index (χ1n) is 5.86. The molecule has 0 saturated heterocycles. The minimum absolute atomic E-state index is 0.0585. The van der Waals surface area contributed by atoms with Gasteiger partial charge in [-0.1, -0.05) is 18.5 Å². The van der Waals surface area contributed by atoms with Gasteiger partial charge in [0, 0.05) is 17.8 Å². The van der Waals surface area contributed by atoms with Crippen LogP contribution in [-0.4, -0.2) is 17.0 Å². The SMILES string of the molecule is CCC(CC#N)NC(=O)Nc1ccc([N+](=O)[O-])c(Cl)c1. The highest BCUT2D eigenvalue weighted by Gasteiger charge is 2.14. The fourth-order valence-electron chi connectivity index (χ4n) is 1.49. The maximum absolute atomic E-state index is 11.7. The monoisotopic (exact) mass is 296 g/mol. The first-order valence-corrected chi connectivity index (χ1v) is 6.24. The van der Waals surface area contributed by atoms with Crippen molar-refractivity contribution in [2.45, 2.75) is 25.8 Å². The number of carbonyl (C=O) groups excluding carboxylic acids is 1. The molecule has 20 heavy (non-hydrogen) atoms. The molecule has 1 aromatic carbocycles. The average Bonchev–Trinajstić information content (AvgIpc) is 2.37. The van der Waals surface area contributed by atoms with E-state index in [0.29, 0.717) is 12.1 Å². The third-order valence-electron chi connectivity index (χ3n) is 2.57. The first kappa shape index (κ1) is 15.7. The predicted molar refractivity (Wildman–Crippen MR) is 74.6 cm³/mol. The van der Waals surface area contributed by atoms with E-state index in [-0.39, 0.29) is 23.2 Å². The molecule has 2 amide bonds. The Morgan fingerprint density at radius 1 is 1.60 bits per heavy atom. The van der Waals surface area contributed by atoms with Crippen LogP contribution in [0, 0.1) is 21.4 Å². The molecule has 0 radical (unpaired) electrons. The van der Waals surface area contributed by atoms with Gasteiger partial charge in [-0.05, 0) is 18.6 Å². The van der Waals surface area contributed by atoms with E-state index in [1.165, 1.54) is 18.2 Å². The number of anilines is 1. The Kier molecular flexibility index (Phi) is 5.74. The van der Waals surface area contributed by atoms with Crippen LogP contribution < -0.4 is 10.6 Å². The molecule has 0 aliphatic heterocycles. The van der Waals surface area contributed by atoms with Crippen molar-refractivity contribution in [1.82, 2.24) is 5.32 Å². The Hall–Kier alpha value is -2.33. The summed E-state index contributed by atoms with van der Waals surface area (Å²) < 4.78 is 0. The number of nitro groups is 1. The lowest BCUT2D eigenvalue weighted by atomic mass is 10.2. The van der Waals surface area contributed by atoms with Gasteiger partial charge < -0.3 is 10.6 Å². The Labute approximate surface area is 120 Å². The molecule has 1 rings (SSSR count). The van der Waals surface area contributed by atoms with Crippen LogP contribution >= 0.6 is 11.6 Å². The number of benzene rings is 1. The van der Waals surface area contributed by atoms with Crippen molar-refractivity contribution in [3.63, 3.8) is 0 Å². The van der Waals surface area contributed by atoms with Crippen molar-refractivity contribution < 1.29 is 9.72 Å². The summed E-state index contributed by atoms with van der Waals surface area (Å²) in [6.45, 7) is 1.85. The second kappa shape index (κ2) is 7.31. The highest BCUT2D eigenvalue weighted by Crippen LogP contribution is 2.27. The largest absolute Gasteiger partial charge is 0.334 e. The second-order valence-electron chi connectivity index (χ2n) is 3.99. The summed E-state index contributed by atoms with van der Waals surface area (Å²) in [6.07, 6.45) is 0.840. The highest BCUT2D eigenvalue weighted by molar-refractivity contribution is 6.33. The van der Waals surface area contributed by atoms with Crippen molar-refractivity contribution in [2.24, 2.45) is 0 Å². The Morgan fingerprint density at radius 3 is 2.80 bits per heavy atom. The molecule has 1 atom stereocenters. The maximum Gasteiger partial charge on any atom is 0.319 e. The van der Waals surface area contributed by atoms with Gasteiger partial charge in [0.15, 0.2) is 0 Å². The Morgan fingerprint density at radius 2 is 2.30 bits per heavy atom. The third kappa shape index (κ3) is 4.40. The van der Waals surface area contributed by atoms with Crippen molar-refractivity contribution in [1.29, 1.82) is 5.26 Å². The van der Waals surface area contributed by atoms with Crippen molar-refractivity contribution in [3.8, 4) is 6.07 Å². The summed E-state index contributed by atoms with van der Waals surface area (Å²) in [5.41, 5.74) is 0.110. The minimum Gasteiger partial charge on any atom is -0.334 e. The van der Waals surface area contributed by atoms with E-state index in [1.807, 2.05) is 13.0 Å². The van der Waals surface area contributed by atoms with Crippen LogP contribution in [0.2, 0.25) is 5.02 Å². The molecule has 0 bridgehead atoms. The van der Waals surface area contributed by atoms with Crippen LogP contribution in [0.3, 0.4) is 0 Å². The van der Waals surface area contributed by atoms with Crippen LogP contribution in [0.25, 0.3) is 0 Å². The van der Waals surface area contributed by atoms with E-state index < -0.39 is 11.0 Å². The van der Waals surface area contributed by atoms with Gasteiger partial charge in [-0.15, -0.1) is 0 Å². The third-order valence-corrected chi connectivity index (χ3v) is 2.87. The van der Waals surface area contributed by atoms with E-state index in [0.717, 1.165) is 0 Å². The van der Waals surface area contributed by atoms with Crippen molar-refractivity contribution in [2.75, 3.05) is 5.32 Å². The molecule has 0 heterocycles. The number of nitro benzene ring substituents is 1. The number of urea groups is 1. The molecule has 2 N–H and O–H groups in total. The van der Waals surface area contributed by atoms with Crippen molar-refractivity contribution >= 4 is 29.0 Å². The molecule has 0 aliphatic carbocycles. The van der Waals surface area contributed by atoms with Gasteiger partial charge in [-0.2, -0.15) is 5.26 Å². The summed E-state index contributed by atoms with van der Waals surface area (Å²) in [5, 5.41) is 24.3.